The number of rotatable bonds is 9. The third kappa shape index (κ3) is 5.37. The van der Waals surface area contributed by atoms with Crippen molar-refractivity contribution in [3.63, 3.8) is 0 Å². The van der Waals surface area contributed by atoms with E-state index < -0.39 is 0 Å². The maximum absolute atomic E-state index is 6.28. The third-order valence-electron chi connectivity index (χ3n) is 7.56. The minimum atomic E-state index is 0.683. The van der Waals surface area contributed by atoms with Crippen LogP contribution in [0.1, 0.15) is 49.8 Å². The Morgan fingerprint density at radius 3 is 2.12 bits per heavy atom. The van der Waals surface area contributed by atoms with Crippen molar-refractivity contribution in [1.82, 2.24) is 4.90 Å². The molecule has 1 heterocycles. The van der Waals surface area contributed by atoms with E-state index in [1.807, 2.05) is 0 Å². The molecule has 1 aliphatic heterocycles. The average Bonchev–Trinajstić information content (AvgIpc) is 3.16. The van der Waals surface area contributed by atoms with Gasteiger partial charge in [-0.3, -0.25) is 4.90 Å². The van der Waals surface area contributed by atoms with Crippen molar-refractivity contribution in [3.05, 3.63) is 77.4 Å². The summed E-state index contributed by atoms with van der Waals surface area (Å²) in [6, 6.07) is 23.3. The molecule has 4 rings (SSSR count). The summed E-state index contributed by atoms with van der Waals surface area (Å²) < 4.78 is 6.28. The van der Waals surface area contributed by atoms with Crippen LogP contribution in [0.4, 0.5) is 0 Å². The molecule has 2 atom stereocenters. The maximum Gasteiger partial charge on any atom is 0.122 e. The lowest BCUT2D eigenvalue weighted by atomic mass is 9.90. The predicted octanol–water partition coefficient (Wildman–Crippen LogP) is 6.78. The Morgan fingerprint density at radius 2 is 1.44 bits per heavy atom. The van der Waals surface area contributed by atoms with Gasteiger partial charge in [-0.2, -0.15) is 0 Å². The molecule has 3 nitrogen and oxygen atoms in total. The van der Waals surface area contributed by atoms with E-state index in [9.17, 15) is 0 Å². The number of hydrogen-bond acceptors (Lipinski definition) is 3. The van der Waals surface area contributed by atoms with Crippen molar-refractivity contribution >= 4 is 0 Å². The summed E-state index contributed by atoms with van der Waals surface area (Å²) in [7, 11) is 0. The van der Waals surface area contributed by atoms with Crippen LogP contribution in [0.5, 0.6) is 5.75 Å². The fourth-order valence-electron chi connectivity index (χ4n) is 5.44. The van der Waals surface area contributed by atoms with Crippen LogP contribution in [0.15, 0.2) is 60.7 Å². The van der Waals surface area contributed by atoms with E-state index in [0.717, 1.165) is 31.7 Å². The summed E-state index contributed by atoms with van der Waals surface area (Å²) in [5, 5.41) is 0. The zero-order valence-corrected chi connectivity index (χ0v) is 21.3. The lowest BCUT2D eigenvalue weighted by molar-refractivity contribution is 0.191. The Bertz CT molecular complexity index is 1080. The molecule has 3 heteroatoms. The van der Waals surface area contributed by atoms with Crippen LogP contribution in [0, 0.1) is 13.8 Å². The van der Waals surface area contributed by atoms with Crippen LogP contribution in [0.25, 0.3) is 22.3 Å². The molecule has 0 saturated carbocycles. The molecule has 1 aliphatic rings. The van der Waals surface area contributed by atoms with Crippen LogP contribution in [0.3, 0.4) is 0 Å². The molecule has 0 bridgehead atoms. The first-order chi connectivity index (χ1) is 16.5. The van der Waals surface area contributed by atoms with Crippen molar-refractivity contribution in [2.45, 2.75) is 65.5 Å². The molecule has 34 heavy (non-hydrogen) atoms. The first-order valence-electron chi connectivity index (χ1n) is 12.9. The molecule has 0 unspecified atom stereocenters. The highest BCUT2D eigenvalue weighted by atomic mass is 16.5. The molecule has 0 radical (unpaired) electrons. The van der Waals surface area contributed by atoms with Gasteiger partial charge in [-0.25, -0.2) is 0 Å². The van der Waals surface area contributed by atoms with Crippen molar-refractivity contribution in [2.24, 2.45) is 5.73 Å². The molecule has 3 aromatic carbocycles. The Morgan fingerprint density at radius 1 is 0.824 bits per heavy atom. The van der Waals surface area contributed by atoms with Gasteiger partial charge in [0.05, 0.1) is 6.61 Å². The van der Waals surface area contributed by atoms with Crippen molar-refractivity contribution in [2.75, 3.05) is 19.7 Å². The summed E-state index contributed by atoms with van der Waals surface area (Å²) in [6.45, 7) is 11.7. The third-order valence-corrected chi connectivity index (χ3v) is 7.56. The van der Waals surface area contributed by atoms with Gasteiger partial charge in [-0.15, -0.1) is 0 Å². The van der Waals surface area contributed by atoms with E-state index in [1.165, 1.54) is 51.8 Å². The molecule has 3 aromatic rings. The SMILES string of the molecule is Cc1c(OCCCN2[C@H](C)CC[C@H]2C)cccc1-c1cccc(-c2ccc(CCN)cc2)c1C. The van der Waals surface area contributed by atoms with Gasteiger partial charge in [0.15, 0.2) is 0 Å². The van der Waals surface area contributed by atoms with Gasteiger partial charge in [0, 0.05) is 18.6 Å². The highest BCUT2D eigenvalue weighted by Gasteiger charge is 2.26. The second-order valence-corrected chi connectivity index (χ2v) is 9.86. The summed E-state index contributed by atoms with van der Waals surface area (Å²) in [5.41, 5.74) is 14.5. The summed E-state index contributed by atoms with van der Waals surface area (Å²) in [6.07, 6.45) is 4.62. The zero-order valence-electron chi connectivity index (χ0n) is 21.3. The molecular formula is C31H40N2O. The Balaban J connectivity index is 1.49. The first kappa shape index (κ1) is 24.5. The van der Waals surface area contributed by atoms with E-state index in [0.29, 0.717) is 18.6 Å². The topological polar surface area (TPSA) is 38.5 Å². The highest BCUT2D eigenvalue weighted by Crippen LogP contribution is 2.36. The molecule has 0 aliphatic carbocycles. The zero-order chi connectivity index (χ0) is 24.1. The van der Waals surface area contributed by atoms with Gasteiger partial charge < -0.3 is 10.5 Å². The molecular weight excluding hydrogens is 416 g/mol. The molecule has 0 amide bonds. The normalized spacial score (nSPS) is 18.4. The number of benzene rings is 3. The summed E-state index contributed by atoms with van der Waals surface area (Å²) >= 11 is 0. The number of nitrogens with two attached hydrogens (primary N) is 1. The van der Waals surface area contributed by atoms with Gasteiger partial charge in [0.2, 0.25) is 0 Å². The fraction of sp³-hybridized carbons (Fsp3) is 0.419. The smallest absolute Gasteiger partial charge is 0.122 e. The quantitative estimate of drug-likeness (QED) is 0.361. The monoisotopic (exact) mass is 456 g/mol. The van der Waals surface area contributed by atoms with E-state index in [-0.39, 0.29) is 0 Å². The van der Waals surface area contributed by atoms with Gasteiger partial charge in [-0.1, -0.05) is 54.6 Å². The highest BCUT2D eigenvalue weighted by molar-refractivity contribution is 5.80. The van der Waals surface area contributed by atoms with Crippen LogP contribution in [-0.4, -0.2) is 36.7 Å². The van der Waals surface area contributed by atoms with E-state index in [2.05, 4.69) is 93.3 Å². The number of likely N-dealkylation sites (tertiary alicyclic amines) is 1. The van der Waals surface area contributed by atoms with Gasteiger partial charge >= 0.3 is 0 Å². The summed E-state index contributed by atoms with van der Waals surface area (Å²) in [5.74, 6) is 0.996. The van der Waals surface area contributed by atoms with E-state index >= 15 is 0 Å². The lowest BCUT2D eigenvalue weighted by Crippen LogP contribution is -2.34. The fourth-order valence-corrected chi connectivity index (χ4v) is 5.44. The molecule has 2 N–H and O–H groups in total. The lowest BCUT2D eigenvalue weighted by Gasteiger charge is -2.25. The van der Waals surface area contributed by atoms with Crippen LogP contribution >= 0.6 is 0 Å². The maximum atomic E-state index is 6.28. The predicted molar refractivity (Wildman–Crippen MR) is 145 cm³/mol. The Kier molecular flexibility index (Phi) is 8.07. The minimum absolute atomic E-state index is 0.683. The van der Waals surface area contributed by atoms with Crippen molar-refractivity contribution in [3.8, 4) is 28.0 Å². The largest absolute Gasteiger partial charge is 0.493 e. The Hall–Kier alpha value is -2.62. The number of hydrogen-bond donors (Lipinski definition) is 1. The second kappa shape index (κ2) is 11.2. The van der Waals surface area contributed by atoms with Crippen LogP contribution in [0.2, 0.25) is 0 Å². The molecule has 0 aromatic heterocycles. The molecule has 180 valence electrons. The van der Waals surface area contributed by atoms with Crippen molar-refractivity contribution < 1.29 is 4.74 Å². The molecule has 1 fully saturated rings. The molecule has 1 saturated heterocycles. The van der Waals surface area contributed by atoms with Crippen LogP contribution < -0.4 is 10.5 Å². The van der Waals surface area contributed by atoms with Crippen LogP contribution in [-0.2, 0) is 6.42 Å². The molecule has 0 spiro atoms. The summed E-state index contributed by atoms with van der Waals surface area (Å²) in [4.78, 5) is 2.63. The van der Waals surface area contributed by atoms with Crippen molar-refractivity contribution in [1.29, 1.82) is 0 Å². The number of nitrogens with zero attached hydrogens (tertiary/aromatic N) is 1. The standard InChI is InChI=1S/C31H40N2O/c1-22-12-13-23(2)33(22)20-7-21-34-31-11-6-10-30(25(31)4)29-9-5-8-28(24(29)3)27-16-14-26(15-17-27)18-19-32/h5-6,8-11,14-17,22-23H,7,12-13,18-21,32H2,1-4H3/t22-,23-/m1/s1. The minimum Gasteiger partial charge on any atom is -0.493 e. The second-order valence-electron chi connectivity index (χ2n) is 9.86. The first-order valence-corrected chi connectivity index (χ1v) is 12.9. The van der Waals surface area contributed by atoms with Gasteiger partial charge in [-0.05, 0) is 105 Å². The Labute approximate surface area is 205 Å². The average molecular weight is 457 g/mol. The number of ether oxygens (including phenoxy) is 1. The van der Waals surface area contributed by atoms with E-state index in [1.54, 1.807) is 0 Å². The van der Waals surface area contributed by atoms with Gasteiger partial charge in [0.1, 0.15) is 5.75 Å². The van der Waals surface area contributed by atoms with E-state index in [4.69, 9.17) is 10.5 Å². The van der Waals surface area contributed by atoms with Gasteiger partial charge in [0.25, 0.3) is 0 Å².